The molecule has 10 aromatic carbocycles. The van der Waals surface area contributed by atoms with E-state index in [0.717, 1.165) is 0 Å². The maximum atomic E-state index is 16.4. The van der Waals surface area contributed by atoms with Crippen molar-refractivity contribution in [2.75, 3.05) is 0 Å². The molecule has 0 saturated carbocycles. The van der Waals surface area contributed by atoms with Crippen molar-refractivity contribution >= 4 is 98.4 Å². The first-order valence-corrected chi connectivity index (χ1v) is 30.1. The van der Waals surface area contributed by atoms with Gasteiger partial charge in [0, 0.05) is 0 Å². The maximum absolute atomic E-state index is 16.4. The van der Waals surface area contributed by atoms with Crippen LogP contribution in [0, 0.1) is 0 Å². The number of carbonyl (C=O) groups excluding carboxylic acids is 1. The van der Waals surface area contributed by atoms with Crippen molar-refractivity contribution in [2.24, 2.45) is 0 Å². The number of hydrogen-bond donors (Lipinski definition) is 1. The van der Waals surface area contributed by atoms with Crippen molar-refractivity contribution in [3.8, 4) is 0 Å². The van der Waals surface area contributed by atoms with E-state index in [1.165, 1.54) is 0 Å². The molecule has 342 valence electrons. The van der Waals surface area contributed by atoms with Gasteiger partial charge in [0.25, 0.3) is 0 Å². The first-order valence-electron chi connectivity index (χ1n) is 23.0. The van der Waals surface area contributed by atoms with E-state index in [0.29, 0.717) is 63.7 Å². The molecule has 0 heterocycles. The van der Waals surface area contributed by atoms with Crippen LogP contribution in [0.4, 0.5) is 0 Å². The summed E-state index contributed by atoms with van der Waals surface area (Å²) in [5, 5.41) is 6.11. The molecule has 0 aliphatic rings. The molecule has 0 aromatic heterocycles. The number of benzene rings is 10. The van der Waals surface area contributed by atoms with E-state index in [2.05, 4.69) is 0 Å². The van der Waals surface area contributed by atoms with Gasteiger partial charge in [-0.25, -0.2) is 0 Å². The second-order valence-corrected chi connectivity index (χ2v) is 28.6. The van der Waals surface area contributed by atoms with E-state index in [9.17, 15) is 4.89 Å². The van der Waals surface area contributed by atoms with E-state index in [1.807, 2.05) is 249 Å². The Labute approximate surface area is 409 Å². The zero-order valence-electron chi connectivity index (χ0n) is 38.0. The van der Waals surface area contributed by atoms with Gasteiger partial charge in [0.1, 0.15) is 0 Å². The normalized spacial score (nSPS) is 12.2. The molecule has 0 aliphatic heterocycles. The molecular weight excluding hydrogens is 937 g/mol. The van der Waals surface area contributed by atoms with E-state index in [1.54, 1.807) is 30.3 Å². The van der Waals surface area contributed by atoms with Crippen molar-refractivity contribution in [3.05, 3.63) is 290 Å². The zero-order chi connectivity index (χ0) is 48.2. The third-order valence-corrected chi connectivity index (χ3v) is 25.5. The molecule has 0 spiro atoms. The molecule has 0 saturated heterocycles. The predicted molar refractivity (Wildman–Crippen MR) is 297 cm³/mol. The summed E-state index contributed by atoms with van der Waals surface area (Å²) in [6, 6.07) is 84.6. The van der Waals surface area contributed by atoms with E-state index >= 15 is 18.5 Å². The SMILES string of the molecule is O=C(c1cc(P(=O)(c2ccccc2)c2ccccc2)cc(P(=O)(c2ccccc2)c2ccccc2)c1)c1cc(P(=O)(c2ccccc2)c2ccccc2)cc([PH](O)(c2ccccc2)c2ccccc2)c1. The summed E-state index contributed by atoms with van der Waals surface area (Å²) in [5.74, 6) is -0.489. The molecule has 0 atom stereocenters. The number of carbonyl (C=O) groups is 1. The third kappa shape index (κ3) is 8.46. The average molecular weight is 985 g/mol. The first-order chi connectivity index (χ1) is 34.1. The van der Waals surface area contributed by atoms with Crippen LogP contribution >= 0.6 is 28.9 Å². The number of ketones is 1. The average Bonchev–Trinajstić information content (AvgIpc) is 3.45. The van der Waals surface area contributed by atoms with Crippen molar-refractivity contribution < 1.29 is 23.4 Å². The van der Waals surface area contributed by atoms with Gasteiger partial charge < -0.3 is 0 Å². The van der Waals surface area contributed by atoms with Gasteiger partial charge in [-0.05, 0) is 0 Å². The summed E-state index contributed by atoms with van der Waals surface area (Å²) in [7, 11) is -15.4. The topological polar surface area (TPSA) is 88.5 Å². The molecule has 0 bridgehead atoms. The van der Waals surface area contributed by atoms with Gasteiger partial charge in [0.15, 0.2) is 0 Å². The molecule has 0 amide bonds. The molecule has 5 nitrogen and oxygen atoms in total. The fraction of sp³-hybridized carbons (Fsp3) is 0. The molecular formula is C61H48O5P4. The van der Waals surface area contributed by atoms with Gasteiger partial charge in [-0.15, -0.1) is 0 Å². The second-order valence-electron chi connectivity index (χ2n) is 17.1. The fourth-order valence-corrected chi connectivity index (χ4v) is 20.9. The summed E-state index contributed by atoms with van der Waals surface area (Å²) >= 11 is 0. The molecule has 10 rings (SSSR count). The van der Waals surface area contributed by atoms with Crippen LogP contribution in [0.5, 0.6) is 0 Å². The second kappa shape index (κ2) is 19.7. The van der Waals surface area contributed by atoms with Gasteiger partial charge >= 0.3 is 412 Å². The Kier molecular flexibility index (Phi) is 13.2. The van der Waals surface area contributed by atoms with Crippen molar-refractivity contribution in [1.82, 2.24) is 0 Å². The van der Waals surface area contributed by atoms with Crippen molar-refractivity contribution in [3.63, 3.8) is 0 Å². The molecule has 70 heavy (non-hydrogen) atoms. The monoisotopic (exact) mass is 984 g/mol. The molecule has 1 N–H and O–H groups in total. The van der Waals surface area contributed by atoms with Crippen LogP contribution in [0.1, 0.15) is 15.9 Å². The molecule has 0 unspecified atom stereocenters. The Bertz CT molecular complexity index is 3300. The Balaban J connectivity index is 1.30. The molecule has 10 aromatic rings. The van der Waals surface area contributed by atoms with Crippen molar-refractivity contribution in [2.45, 2.75) is 0 Å². The molecule has 0 fully saturated rings. The van der Waals surface area contributed by atoms with Gasteiger partial charge in [-0.2, -0.15) is 0 Å². The van der Waals surface area contributed by atoms with Crippen LogP contribution in [0.3, 0.4) is 0 Å². The van der Waals surface area contributed by atoms with Crippen LogP contribution in [-0.4, -0.2) is 10.7 Å². The Hall–Kier alpha value is -7.05. The van der Waals surface area contributed by atoms with Gasteiger partial charge in [-0.3, -0.25) is 0 Å². The third-order valence-electron chi connectivity index (χ3n) is 13.0. The minimum atomic E-state index is -3.99. The van der Waals surface area contributed by atoms with Gasteiger partial charge in [0.2, 0.25) is 0 Å². The van der Waals surface area contributed by atoms with Crippen LogP contribution in [0.25, 0.3) is 0 Å². The van der Waals surface area contributed by atoms with Crippen molar-refractivity contribution in [1.29, 1.82) is 0 Å². The molecule has 9 heteroatoms. The summed E-state index contributed by atoms with van der Waals surface area (Å²) < 4.78 is 49.3. The fourth-order valence-electron chi connectivity index (χ4n) is 9.42. The quantitative estimate of drug-likeness (QED) is 0.0871. The Morgan fingerprint density at radius 1 is 0.271 bits per heavy atom. The predicted octanol–water partition coefficient (Wildman–Crippen LogP) is 8.77. The van der Waals surface area contributed by atoms with Gasteiger partial charge in [0.05, 0.1) is 0 Å². The first kappa shape index (κ1) is 46.7. The Morgan fingerprint density at radius 3 is 0.771 bits per heavy atom. The molecule has 0 radical (unpaired) electrons. The minimum absolute atomic E-state index is 0.133. The standard InChI is InChI=1S/C61H48O5P4/c62-61(47-41-57(67(63,49-25-9-1-10-26-49)50-27-11-2-12-28-50)45-58(42-47)68(64,51-29-13-3-14-30-51)52-31-15-4-16-32-52)48-43-59(69(65,53-33-17-5-18-34-53)54-35-19-6-20-36-54)46-60(44-48)70(66,55-37-21-7-22-38-55)56-39-23-8-24-40-56/h1-46,63,67H. The summed E-state index contributed by atoms with van der Waals surface area (Å²) in [4.78, 5) is 29.7. The Morgan fingerprint density at radius 2 is 0.500 bits per heavy atom. The van der Waals surface area contributed by atoms with E-state index in [4.69, 9.17) is 0 Å². The summed E-state index contributed by atoms with van der Waals surface area (Å²) in [5.41, 5.74) is 0.289. The molecule has 0 aliphatic carbocycles. The van der Waals surface area contributed by atoms with Crippen LogP contribution in [0.2, 0.25) is 0 Å². The van der Waals surface area contributed by atoms with Crippen LogP contribution < -0.4 is 63.7 Å². The van der Waals surface area contributed by atoms with Crippen LogP contribution in [-0.2, 0) is 13.7 Å². The van der Waals surface area contributed by atoms with Crippen LogP contribution in [0.15, 0.2) is 279 Å². The van der Waals surface area contributed by atoms with Gasteiger partial charge in [-0.1, -0.05) is 0 Å². The summed E-state index contributed by atoms with van der Waals surface area (Å²) in [6.07, 6.45) is 0. The van der Waals surface area contributed by atoms with E-state index in [-0.39, 0.29) is 11.1 Å². The number of rotatable bonds is 14. The zero-order valence-corrected chi connectivity index (χ0v) is 41.7. The van der Waals surface area contributed by atoms with E-state index < -0.39 is 34.7 Å². The summed E-state index contributed by atoms with van der Waals surface area (Å²) in [6.45, 7) is 0. The number of hydrogen-bond acceptors (Lipinski definition) is 5.